The summed E-state index contributed by atoms with van der Waals surface area (Å²) >= 11 is 0. The lowest BCUT2D eigenvalue weighted by molar-refractivity contribution is 0.102. The summed E-state index contributed by atoms with van der Waals surface area (Å²) in [7, 11) is 0. The molecule has 0 bridgehead atoms. The zero-order valence-corrected chi connectivity index (χ0v) is 10.6. The van der Waals surface area contributed by atoms with Gasteiger partial charge in [-0.2, -0.15) is 0 Å². The Labute approximate surface area is 115 Å². The molecule has 20 heavy (non-hydrogen) atoms. The Morgan fingerprint density at radius 2 is 1.80 bits per heavy atom. The highest BCUT2D eigenvalue weighted by Gasteiger charge is 2.12. The van der Waals surface area contributed by atoms with Crippen molar-refractivity contribution in [1.29, 1.82) is 0 Å². The first kappa shape index (κ1) is 12.2. The Kier molecular flexibility index (Phi) is 3.05. The molecule has 98 valence electrons. The molecule has 0 fully saturated rings. The second-order valence-electron chi connectivity index (χ2n) is 4.35. The van der Waals surface area contributed by atoms with E-state index < -0.39 is 0 Å². The van der Waals surface area contributed by atoms with Crippen LogP contribution in [0.2, 0.25) is 0 Å². The van der Waals surface area contributed by atoms with Crippen LogP contribution in [-0.4, -0.2) is 16.0 Å². The molecule has 0 unspecified atom stereocenters. The Balaban J connectivity index is 1.99. The Morgan fingerprint density at radius 3 is 2.65 bits per heavy atom. The zero-order chi connectivity index (χ0) is 13.9. The van der Waals surface area contributed by atoms with Crippen LogP contribution >= 0.6 is 0 Å². The summed E-state index contributed by atoms with van der Waals surface area (Å²) in [6.07, 6.45) is 1.51. The van der Waals surface area contributed by atoms with Crippen molar-refractivity contribution in [3.8, 4) is 5.75 Å². The van der Waals surface area contributed by atoms with Gasteiger partial charge in [0, 0.05) is 11.8 Å². The molecule has 1 aromatic heterocycles. The molecule has 4 heteroatoms. The number of carbonyl (C=O) groups excluding carboxylic acids is 1. The van der Waals surface area contributed by atoms with Gasteiger partial charge in [-0.3, -0.25) is 4.79 Å². The van der Waals surface area contributed by atoms with Crippen LogP contribution in [-0.2, 0) is 0 Å². The maximum absolute atomic E-state index is 12.3. The number of aromatic nitrogens is 1. The Morgan fingerprint density at radius 1 is 1.00 bits per heavy atom. The molecular weight excluding hydrogens is 252 g/mol. The number of hydrogen-bond acceptors (Lipinski definition) is 3. The maximum atomic E-state index is 12.3. The number of fused-ring (bicyclic) bond motifs is 1. The molecule has 1 amide bonds. The number of nitrogens with zero attached hydrogens (tertiary/aromatic N) is 1. The van der Waals surface area contributed by atoms with E-state index >= 15 is 0 Å². The highest BCUT2D eigenvalue weighted by molar-refractivity contribution is 6.12. The van der Waals surface area contributed by atoms with Crippen LogP contribution in [0.5, 0.6) is 5.75 Å². The number of rotatable bonds is 2. The molecule has 0 spiro atoms. The van der Waals surface area contributed by atoms with Gasteiger partial charge in [0.2, 0.25) is 0 Å². The van der Waals surface area contributed by atoms with E-state index in [-0.39, 0.29) is 17.5 Å². The van der Waals surface area contributed by atoms with Crippen LogP contribution in [0.3, 0.4) is 0 Å². The fourth-order valence-corrected chi connectivity index (χ4v) is 2.09. The van der Waals surface area contributed by atoms with E-state index in [1.54, 1.807) is 12.1 Å². The van der Waals surface area contributed by atoms with E-state index in [1.165, 1.54) is 12.3 Å². The highest BCUT2D eigenvalue weighted by atomic mass is 16.3. The van der Waals surface area contributed by atoms with E-state index in [9.17, 15) is 9.90 Å². The summed E-state index contributed by atoms with van der Waals surface area (Å²) in [5, 5.41) is 14.1. The highest BCUT2D eigenvalue weighted by Crippen LogP contribution is 2.22. The second-order valence-corrected chi connectivity index (χ2v) is 4.35. The van der Waals surface area contributed by atoms with E-state index in [0.29, 0.717) is 5.56 Å². The number of hydrogen-bond donors (Lipinski definition) is 2. The molecule has 4 nitrogen and oxygen atoms in total. The van der Waals surface area contributed by atoms with Crippen molar-refractivity contribution >= 4 is 22.5 Å². The number of aromatic hydroxyl groups is 1. The fourth-order valence-electron chi connectivity index (χ4n) is 2.09. The van der Waals surface area contributed by atoms with Crippen LogP contribution in [0, 0.1) is 0 Å². The number of carbonyl (C=O) groups is 1. The predicted molar refractivity (Wildman–Crippen MR) is 77.8 cm³/mol. The van der Waals surface area contributed by atoms with Gasteiger partial charge in [-0.15, -0.1) is 0 Å². The first-order valence-electron chi connectivity index (χ1n) is 6.19. The number of anilines is 1. The van der Waals surface area contributed by atoms with Gasteiger partial charge in [-0.25, -0.2) is 4.98 Å². The molecule has 1 heterocycles. The van der Waals surface area contributed by atoms with Gasteiger partial charge in [-0.1, -0.05) is 36.4 Å². The van der Waals surface area contributed by atoms with Crippen molar-refractivity contribution in [3.05, 3.63) is 66.4 Å². The zero-order valence-electron chi connectivity index (χ0n) is 10.6. The van der Waals surface area contributed by atoms with Crippen LogP contribution in [0.15, 0.2) is 60.8 Å². The molecule has 3 rings (SSSR count). The molecule has 0 aliphatic heterocycles. The molecular formula is C16H12N2O2. The van der Waals surface area contributed by atoms with Gasteiger partial charge in [0.05, 0.1) is 0 Å². The van der Waals surface area contributed by atoms with Crippen LogP contribution < -0.4 is 5.32 Å². The molecule has 0 saturated heterocycles. The minimum atomic E-state index is -0.296. The molecule has 0 aliphatic rings. The van der Waals surface area contributed by atoms with Crippen molar-refractivity contribution in [2.75, 3.05) is 5.32 Å². The van der Waals surface area contributed by atoms with Crippen LogP contribution in [0.25, 0.3) is 10.8 Å². The molecule has 0 aliphatic carbocycles. The first-order chi connectivity index (χ1) is 9.75. The standard InChI is InChI=1S/C16H12N2O2/c19-14-9-4-10-17-15(14)18-16(20)13-8-3-6-11-5-1-2-7-12(11)13/h1-10,19H,(H,17,18,20). The SMILES string of the molecule is O=C(Nc1ncccc1O)c1cccc2ccccc12. The number of pyridine rings is 1. The van der Waals surface area contributed by atoms with Gasteiger partial charge >= 0.3 is 0 Å². The minimum Gasteiger partial charge on any atom is -0.504 e. The normalized spacial score (nSPS) is 10.4. The van der Waals surface area contributed by atoms with Crippen LogP contribution in [0.1, 0.15) is 10.4 Å². The quantitative estimate of drug-likeness (QED) is 0.747. The van der Waals surface area contributed by atoms with Gasteiger partial charge in [0.15, 0.2) is 11.6 Å². The van der Waals surface area contributed by atoms with Crippen molar-refractivity contribution in [3.63, 3.8) is 0 Å². The largest absolute Gasteiger partial charge is 0.504 e. The summed E-state index contributed by atoms with van der Waals surface area (Å²) in [5.74, 6) is -0.192. The fraction of sp³-hybridized carbons (Fsp3) is 0. The first-order valence-corrected chi connectivity index (χ1v) is 6.19. The van der Waals surface area contributed by atoms with Gasteiger partial charge in [0.1, 0.15) is 0 Å². The van der Waals surface area contributed by atoms with Gasteiger partial charge in [-0.05, 0) is 29.0 Å². The number of benzene rings is 2. The molecule has 3 aromatic rings. The summed E-state index contributed by atoms with van der Waals surface area (Å²) in [6, 6.07) is 16.3. The van der Waals surface area contributed by atoms with E-state index in [2.05, 4.69) is 10.3 Å². The monoisotopic (exact) mass is 264 g/mol. The van der Waals surface area contributed by atoms with Crippen molar-refractivity contribution in [2.24, 2.45) is 0 Å². The van der Waals surface area contributed by atoms with Gasteiger partial charge < -0.3 is 10.4 Å². The van der Waals surface area contributed by atoms with Crippen molar-refractivity contribution in [2.45, 2.75) is 0 Å². The summed E-state index contributed by atoms with van der Waals surface area (Å²) in [4.78, 5) is 16.3. The number of nitrogens with one attached hydrogen (secondary N) is 1. The second kappa shape index (κ2) is 5.01. The average molecular weight is 264 g/mol. The lowest BCUT2D eigenvalue weighted by atomic mass is 10.0. The smallest absolute Gasteiger partial charge is 0.257 e. The lowest BCUT2D eigenvalue weighted by Crippen LogP contribution is -2.13. The molecule has 0 saturated carbocycles. The third-order valence-electron chi connectivity index (χ3n) is 3.05. The van der Waals surface area contributed by atoms with Crippen molar-refractivity contribution < 1.29 is 9.90 Å². The summed E-state index contributed by atoms with van der Waals surface area (Å²) in [6.45, 7) is 0. The lowest BCUT2D eigenvalue weighted by Gasteiger charge is -2.08. The topological polar surface area (TPSA) is 62.2 Å². The minimum absolute atomic E-state index is 0.0545. The third kappa shape index (κ3) is 2.19. The predicted octanol–water partition coefficient (Wildman–Crippen LogP) is 3.19. The summed E-state index contributed by atoms with van der Waals surface area (Å²) in [5.41, 5.74) is 0.549. The van der Waals surface area contributed by atoms with E-state index in [0.717, 1.165) is 10.8 Å². The number of amides is 1. The third-order valence-corrected chi connectivity index (χ3v) is 3.05. The summed E-state index contributed by atoms with van der Waals surface area (Å²) < 4.78 is 0. The molecule has 0 radical (unpaired) electrons. The Hall–Kier alpha value is -2.88. The van der Waals surface area contributed by atoms with E-state index in [1.807, 2.05) is 36.4 Å². The van der Waals surface area contributed by atoms with E-state index in [4.69, 9.17) is 0 Å². The van der Waals surface area contributed by atoms with Crippen molar-refractivity contribution in [1.82, 2.24) is 4.98 Å². The molecule has 2 N–H and O–H groups in total. The van der Waals surface area contributed by atoms with Crippen LogP contribution in [0.4, 0.5) is 5.82 Å². The molecule has 2 aromatic carbocycles. The Bertz CT molecular complexity index is 779. The average Bonchev–Trinajstić information content (AvgIpc) is 2.49. The van der Waals surface area contributed by atoms with Gasteiger partial charge in [0.25, 0.3) is 5.91 Å². The molecule has 0 atom stereocenters. The maximum Gasteiger partial charge on any atom is 0.257 e.